The molecule has 2 fully saturated rings. The summed E-state index contributed by atoms with van der Waals surface area (Å²) in [6.45, 7) is 3.10. The topological polar surface area (TPSA) is 67.3 Å². The number of benzene rings is 1. The molecular weight excluding hydrogens is 360 g/mol. The summed E-state index contributed by atoms with van der Waals surface area (Å²) in [7, 11) is 0. The minimum Gasteiger partial charge on any atom is -0.376 e. The van der Waals surface area contributed by atoms with E-state index >= 15 is 0 Å². The Morgan fingerprint density at radius 1 is 1.26 bits per heavy atom. The molecule has 1 aromatic carbocycles. The quantitative estimate of drug-likeness (QED) is 0.855. The number of aromatic nitrogens is 2. The van der Waals surface area contributed by atoms with Crippen LogP contribution in [-0.4, -0.2) is 59.7 Å². The Balaban J connectivity index is 1.59. The summed E-state index contributed by atoms with van der Waals surface area (Å²) < 4.78 is 5.60. The molecule has 0 saturated carbocycles. The monoisotopic (exact) mass is 384 g/mol. The Kier molecular flexibility index (Phi) is 5.89. The fraction of sp³-hybridized carbons (Fsp3) is 0.450. The first kappa shape index (κ1) is 18.3. The minimum atomic E-state index is -0.127. The van der Waals surface area contributed by atoms with E-state index in [4.69, 9.17) is 9.72 Å². The van der Waals surface area contributed by atoms with Crippen LogP contribution in [0.5, 0.6) is 0 Å². The van der Waals surface area contributed by atoms with Crippen molar-refractivity contribution < 1.29 is 9.53 Å². The van der Waals surface area contributed by atoms with Crippen LogP contribution in [0.1, 0.15) is 23.2 Å². The van der Waals surface area contributed by atoms with Crippen LogP contribution in [0, 0.1) is 0 Å². The van der Waals surface area contributed by atoms with Gasteiger partial charge >= 0.3 is 0 Å². The van der Waals surface area contributed by atoms with Crippen molar-refractivity contribution in [1.29, 1.82) is 0 Å². The van der Waals surface area contributed by atoms with E-state index in [1.807, 2.05) is 42.1 Å². The highest BCUT2D eigenvalue weighted by molar-refractivity contribution is 7.99. The fourth-order valence-electron chi connectivity index (χ4n) is 3.38. The number of carbonyl (C=O) groups excluding carboxylic acids is 1. The SMILES string of the molecule is O=C(NC[C@@H]1CCCO1)c1cnc(-c2ccccc2)nc1N1CCSCC1. The van der Waals surface area contributed by atoms with E-state index in [-0.39, 0.29) is 12.0 Å². The molecule has 3 heterocycles. The van der Waals surface area contributed by atoms with Crippen LogP contribution in [-0.2, 0) is 4.74 Å². The van der Waals surface area contributed by atoms with Gasteiger partial charge in [-0.2, -0.15) is 11.8 Å². The van der Waals surface area contributed by atoms with Crippen LogP contribution < -0.4 is 10.2 Å². The number of nitrogens with one attached hydrogen (secondary N) is 1. The van der Waals surface area contributed by atoms with Gasteiger partial charge in [0.25, 0.3) is 5.91 Å². The normalized spacial score (nSPS) is 19.9. The summed E-state index contributed by atoms with van der Waals surface area (Å²) in [5.41, 5.74) is 1.50. The Morgan fingerprint density at radius 3 is 2.81 bits per heavy atom. The van der Waals surface area contributed by atoms with Crippen molar-refractivity contribution in [2.45, 2.75) is 18.9 Å². The van der Waals surface area contributed by atoms with Gasteiger partial charge in [0.15, 0.2) is 5.82 Å². The number of anilines is 1. The predicted molar refractivity (Wildman–Crippen MR) is 108 cm³/mol. The highest BCUT2D eigenvalue weighted by Crippen LogP contribution is 2.25. The molecule has 0 aliphatic carbocycles. The molecule has 2 saturated heterocycles. The summed E-state index contributed by atoms with van der Waals surface area (Å²) in [5, 5.41) is 3.00. The van der Waals surface area contributed by atoms with E-state index < -0.39 is 0 Å². The summed E-state index contributed by atoms with van der Waals surface area (Å²) in [5.74, 6) is 3.34. The van der Waals surface area contributed by atoms with E-state index in [0.717, 1.165) is 55.4 Å². The van der Waals surface area contributed by atoms with E-state index in [9.17, 15) is 4.79 Å². The van der Waals surface area contributed by atoms with Crippen molar-refractivity contribution in [1.82, 2.24) is 15.3 Å². The lowest BCUT2D eigenvalue weighted by atomic mass is 10.2. The van der Waals surface area contributed by atoms with Gasteiger partial charge in [-0.1, -0.05) is 30.3 Å². The molecule has 27 heavy (non-hydrogen) atoms. The standard InChI is InChI=1S/C20H24N4O2S/c25-20(22-13-16-7-4-10-26-16)17-14-21-18(15-5-2-1-3-6-15)23-19(17)24-8-11-27-12-9-24/h1-3,5-6,14,16H,4,7-13H2,(H,22,25)/t16-/m0/s1. The van der Waals surface area contributed by atoms with Gasteiger partial charge in [0.05, 0.1) is 6.10 Å². The highest BCUT2D eigenvalue weighted by Gasteiger charge is 2.23. The van der Waals surface area contributed by atoms with Gasteiger partial charge in [0.2, 0.25) is 0 Å². The molecule has 2 aromatic rings. The molecule has 0 unspecified atom stereocenters. The second-order valence-corrected chi connectivity index (χ2v) is 7.97. The lowest BCUT2D eigenvalue weighted by molar-refractivity contribution is 0.0857. The summed E-state index contributed by atoms with van der Waals surface area (Å²) in [6, 6.07) is 9.89. The molecule has 2 aliphatic heterocycles. The zero-order valence-electron chi connectivity index (χ0n) is 15.3. The average Bonchev–Trinajstić information content (AvgIpc) is 3.26. The number of nitrogens with zero attached hydrogens (tertiary/aromatic N) is 3. The number of amides is 1. The van der Waals surface area contributed by atoms with Crippen molar-refractivity contribution in [2.24, 2.45) is 0 Å². The summed E-state index contributed by atoms with van der Waals surface area (Å²) in [6.07, 6.45) is 3.84. The van der Waals surface area contributed by atoms with Gasteiger partial charge in [-0.3, -0.25) is 4.79 Å². The zero-order chi connectivity index (χ0) is 18.5. The Labute approximate surface area is 163 Å². The molecule has 0 bridgehead atoms. The third-order valence-electron chi connectivity index (χ3n) is 4.87. The van der Waals surface area contributed by atoms with Crippen molar-refractivity contribution in [3.8, 4) is 11.4 Å². The molecular formula is C20H24N4O2S. The van der Waals surface area contributed by atoms with Gasteiger partial charge in [0.1, 0.15) is 11.4 Å². The van der Waals surface area contributed by atoms with Crippen LogP contribution in [0.15, 0.2) is 36.5 Å². The third kappa shape index (κ3) is 4.42. The maximum Gasteiger partial charge on any atom is 0.256 e. The number of rotatable bonds is 5. The van der Waals surface area contributed by atoms with Crippen LogP contribution >= 0.6 is 11.8 Å². The van der Waals surface area contributed by atoms with E-state index in [1.54, 1.807) is 6.20 Å². The van der Waals surface area contributed by atoms with Crippen LogP contribution in [0.25, 0.3) is 11.4 Å². The molecule has 0 spiro atoms. The van der Waals surface area contributed by atoms with Crippen molar-refractivity contribution in [3.05, 3.63) is 42.1 Å². The molecule has 0 radical (unpaired) electrons. The van der Waals surface area contributed by atoms with Crippen LogP contribution in [0.2, 0.25) is 0 Å². The minimum absolute atomic E-state index is 0.119. The maximum atomic E-state index is 12.8. The lowest BCUT2D eigenvalue weighted by Gasteiger charge is -2.29. The molecule has 2 aliphatic rings. The Hall–Kier alpha value is -2.12. The predicted octanol–water partition coefficient (Wildman–Crippen LogP) is 2.61. The molecule has 6 nitrogen and oxygen atoms in total. The van der Waals surface area contributed by atoms with Crippen molar-refractivity contribution in [3.63, 3.8) is 0 Å². The van der Waals surface area contributed by atoms with E-state index in [1.165, 1.54) is 0 Å². The van der Waals surface area contributed by atoms with Gasteiger partial charge in [-0.05, 0) is 12.8 Å². The number of carbonyl (C=O) groups is 1. The molecule has 7 heteroatoms. The van der Waals surface area contributed by atoms with E-state index in [2.05, 4.69) is 15.2 Å². The zero-order valence-corrected chi connectivity index (χ0v) is 16.1. The molecule has 1 aromatic heterocycles. The number of hydrogen-bond acceptors (Lipinski definition) is 6. The second kappa shape index (κ2) is 8.71. The smallest absolute Gasteiger partial charge is 0.256 e. The largest absolute Gasteiger partial charge is 0.376 e. The first-order valence-electron chi connectivity index (χ1n) is 9.46. The number of hydrogen-bond donors (Lipinski definition) is 1. The van der Waals surface area contributed by atoms with Crippen LogP contribution in [0.3, 0.4) is 0 Å². The van der Waals surface area contributed by atoms with Gasteiger partial charge in [-0.25, -0.2) is 9.97 Å². The number of ether oxygens (including phenoxy) is 1. The van der Waals surface area contributed by atoms with Gasteiger partial charge < -0.3 is 15.0 Å². The van der Waals surface area contributed by atoms with Crippen molar-refractivity contribution in [2.75, 3.05) is 42.6 Å². The first-order chi connectivity index (χ1) is 13.3. The average molecular weight is 385 g/mol. The van der Waals surface area contributed by atoms with E-state index in [0.29, 0.717) is 17.9 Å². The van der Waals surface area contributed by atoms with Gasteiger partial charge in [-0.15, -0.1) is 0 Å². The van der Waals surface area contributed by atoms with Crippen LogP contribution in [0.4, 0.5) is 5.82 Å². The van der Waals surface area contributed by atoms with Gasteiger partial charge in [0, 0.05) is 49.5 Å². The Morgan fingerprint density at radius 2 is 2.07 bits per heavy atom. The lowest BCUT2D eigenvalue weighted by Crippen LogP contribution is -2.37. The highest BCUT2D eigenvalue weighted by atomic mass is 32.2. The molecule has 1 amide bonds. The second-order valence-electron chi connectivity index (χ2n) is 6.74. The first-order valence-corrected chi connectivity index (χ1v) is 10.6. The molecule has 4 rings (SSSR count). The van der Waals surface area contributed by atoms with Crippen molar-refractivity contribution >= 4 is 23.5 Å². The summed E-state index contributed by atoms with van der Waals surface area (Å²) in [4.78, 5) is 24.3. The third-order valence-corrected chi connectivity index (χ3v) is 5.81. The molecule has 142 valence electrons. The maximum absolute atomic E-state index is 12.8. The molecule has 1 N–H and O–H groups in total. The summed E-state index contributed by atoms with van der Waals surface area (Å²) >= 11 is 1.93. The Bertz CT molecular complexity index is 775. The number of thioether (sulfide) groups is 1. The molecule has 1 atom stereocenters. The fourth-order valence-corrected chi connectivity index (χ4v) is 4.29.